The van der Waals surface area contributed by atoms with Crippen molar-refractivity contribution < 1.29 is 4.79 Å². The zero-order chi connectivity index (χ0) is 19.3. The topological polar surface area (TPSA) is 85.4 Å². The molecule has 1 atom stereocenters. The number of amides is 1. The van der Waals surface area contributed by atoms with E-state index < -0.39 is 0 Å². The molecule has 28 heavy (non-hydrogen) atoms. The number of thiazole rings is 1. The van der Waals surface area contributed by atoms with Crippen molar-refractivity contribution >= 4 is 22.2 Å². The molecule has 140 valence electrons. The van der Waals surface area contributed by atoms with Gasteiger partial charge in [-0.15, -0.1) is 21.5 Å². The van der Waals surface area contributed by atoms with Crippen LogP contribution in [-0.2, 0) is 6.54 Å². The van der Waals surface area contributed by atoms with Crippen molar-refractivity contribution in [3.05, 3.63) is 69.8 Å². The summed E-state index contributed by atoms with van der Waals surface area (Å²) in [6.45, 7) is 2.79. The SMILES string of the molecule is C[C@H]1CN(C(=O)c2cnc3sccn3c2=O)Cc2nnc(-c3ccccc3)n21. The molecule has 0 fully saturated rings. The summed E-state index contributed by atoms with van der Waals surface area (Å²) < 4.78 is 3.47. The summed E-state index contributed by atoms with van der Waals surface area (Å²) in [5.74, 6) is 1.16. The van der Waals surface area contributed by atoms with Gasteiger partial charge in [0.05, 0.1) is 12.6 Å². The molecule has 1 aliphatic heterocycles. The second-order valence-electron chi connectivity index (χ2n) is 6.74. The van der Waals surface area contributed by atoms with E-state index in [-0.39, 0.29) is 23.1 Å². The Morgan fingerprint density at radius 1 is 1.21 bits per heavy atom. The molecule has 0 radical (unpaired) electrons. The van der Waals surface area contributed by atoms with Gasteiger partial charge in [-0.25, -0.2) is 4.98 Å². The van der Waals surface area contributed by atoms with Gasteiger partial charge in [0.25, 0.3) is 11.5 Å². The molecule has 1 aliphatic rings. The molecule has 1 aromatic carbocycles. The van der Waals surface area contributed by atoms with E-state index in [9.17, 15) is 9.59 Å². The van der Waals surface area contributed by atoms with E-state index in [0.717, 1.165) is 11.4 Å². The van der Waals surface area contributed by atoms with Gasteiger partial charge in [0.2, 0.25) is 0 Å². The maximum atomic E-state index is 13.0. The van der Waals surface area contributed by atoms with Crippen LogP contribution in [-0.4, -0.2) is 41.5 Å². The Balaban J connectivity index is 1.49. The Morgan fingerprint density at radius 3 is 2.86 bits per heavy atom. The molecule has 9 heteroatoms. The van der Waals surface area contributed by atoms with Crippen molar-refractivity contribution in [3.63, 3.8) is 0 Å². The van der Waals surface area contributed by atoms with Crippen LogP contribution in [0.4, 0.5) is 0 Å². The van der Waals surface area contributed by atoms with Crippen LogP contribution in [0.15, 0.2) is 52.9 Å². The van der Waals surface area contributed by atoms with Gasteiger partial charge in [0.1, 0.15) is 5.56 Å². The number of rotatable bonds is 2. The fourth-order valence-corrected chi connectivity index (χ4v) is 4.29. The summed E-state index contributed by atoms with van der Waals surface area (Å²) in [6.07, 6.45) is 3.00. The summed E-state index contributed by atoms with van der Waals surface area (Å²) in [6, 6.07) is 9.84. The number of carbonyl (C=O) groups is 1. The maximum Gasteiger partial charge on any atom is 0.271 e. The third kappa shape index (κ3) is 2.55. The molecule has 0 saturated heterocycles. The molecule has 0 aliphatic carbocycles. The van der Waals surface area contributed by atoms with Crippen molar-refractivity contribution in [2.45, 2.75) is 19.5 Å². The van der Waals surface area contributed by atoms with Crippen LogP contribution in [0.5, 0.6) is 0 Å². The highest BCUT2D eigenvalue weighted by atomic mass is 32.1. The van der Waals surface area contributed by atoms with Gasteiger partial charge >= 0.3 is 0 Å². The van der Waals surface area contributed by atoms with E-state index in [1.54, 1.807) is 16.5 Å². The van der Waals surface area contributed by atoms with Gasteiger partial charge in [-0.1, -0.05) is 30.3 Å². The van der Waals surface area contributed by atoms with Crippen molar-refractivity contribution in [1.82, 2.24) is 29.0 Å². The van der Waals surface area contributed by atoms with E-state index in [2.05, 4.69) is 19.7 Å². The number of nitrogens with zero attached hydrogens (tertiary/aromatic N) is 6. The fourth-order valence-electron chi connectivity index (χ4n) is 3.61. The largest absolute Gasteiger partial charge is 0.329 e. The second-order valence-corrected chi connectivity index (χ2v) is 7.62. The summed E-state index contributed by atoms with van der Waals surface area (Å²) >= 11 is 1.35. The van der Waals surface area contributed by atoms with Gasteiger partial charge in [0, 0.05) is 29.9 Å². The molecule has 0 N–H and O–H groups in total. The third-order valence-electron chi connectivity index (χ3n) is 4.92. The number of benzene rings is 1. The predicted octanol–water partition coefficient (Wildman–Crippen LogP) is 2.23. The Labute approximate surface area is 163 Å². The molecule has 3 aromatic heterocycles. The third-order valence-corrected chi connectivity index (χ3v) is 5.69. The Bertz CT molecular complexity index is 1240. The average molecular weight is 392 g/mol. The van der Waals surface area contributed by atoms with Crippen molar-refractivity contribution in [2.75, 3.05) is 6.54 Å². The van der Waals surface area contributed by atoms with E-state index >= 15 is 0 Å². The lowest BCUT2D eigenvalue weighted by atomic mass is 10.1. The van der Waals surface area contributed by atoms with Gasteiger partial charge < -0.3 is 9.47 Å². The predicted molar refractivity (Wildman–Crippen MR) is 104 cm³/mol. The Morgan fingerprint density at radius 2 is 2.04 bits per heavy atom. The summed E-state index contributed by atoms with van der Waals surface area (Å²) in [5, 5.41) is 10.4. The lowest BCUT2D eigenvalue weighted by Gasteiger charge is -2.32. The highest BCUT2D eigenvalue weighted by Crippen LogP contribution is 2.27. The minimum absolute atomic E-state index is 0.0153. The van der Waals surface area contributed by atoms with Gasteiger partial charge in [0.15, 0.2) is 16.6 Å². The van der Waals surface area contributed by atoms with Crippen molar-refractivity contribution in [3.8, 4) is 11.4 Å². The first kappa shape index (κ1) is 16.8. The van der Waals surface area contributed by atoms with E-state index in [1.165, 1.54) is 21.9 Å². The molecule has 0 saturated carbocycles. The molecule has 8 nitrogen and oxygen atoms in total. The highest BCUT2D eigenvalue weighted by molar-refractivity contribution is 7.15. The second kappa shape index (κ2) is 6.38. The Kier molecular flexibility index (Phi) is 3.83. The van der Waals surface area contributed by atoms with E-state index in [1.807, 2.05) is 37.3 Å². The number of aromatic nitrogens is 5. The summed E-state index contributed by atoms with van der Waals surface area (Å²) in [4.78, 5) is 32.1. The molecule has 5 rings (SSSR count). The molecular formula is C19H16N6O2S. The molecule has 0 unspecified atom stereocenters. The average Bonchev–Trinajstić information content (AvgIpc) is 3.36. The van der Waals surface area contributed by atoms with E-state index in [0.29, 0.717) is 23.9 Å². The minimum Gasteiger partial charge on any atom is -0.329 e. The molecule has 0 bridgehead atoms. The molecule has 4 heterocycles. The van der Waals surface area contributed by atoms with E-state index in [4.69, 9.17) is 0 Å². The first-order chi connectivity index (χ1) is 13.6. The zero-order valence-corrected chi connectivity index (χ0v) is 15.8. The van der Waals surface area contributed by atoms with Crippen LogP contribution < -0.4 is 5.56 Å². The maximum absolute atomic E-state index is 13.0. The van der Waals surface area contributed by atoms with Crippen molar-refractivity contribution in [1.29, 1.82) is 0 Å². The number of hydrogen-bond acceptors (Lipinski definition) is 6. The number of carbonyl (C=O) groups excluding carboxylic acids is 1. The highest BCUT2D eigenvalue weighted by Gasteiger charge is 2.31. The van der Waals surface area contributed by atoms with Gasteiger partial charge in [-0.05, 0) is 6.92 Å². The zero-order valence-electron chi connectivity index (χ0n) is 15.0. The quantitative estimate of drug-likeness (QED) is 0.522. The molecule has 1 amide bonds. The standard InChI is InChI=1S/C19H16N6O2S/c1-12-10-23(17(26)14-9-20-19-24(18(14)27)7-8-28-19)11-15-21-22-16(25(12)15)13-5-3-2-4-6-13/h2-9,12H,10-11H2,1H3/t12-/m0/s1. The molecule has 0 spiro atoms. The normalized spacial score (nSPS) is 16.3. The van der Waals surface area contributed by atoms with Gasteiger partial charge in [-0.2, -0.15) is 0 Å². The molecular weight excluding hydrogens is 376 g/mol. The monoisotopic (exact) mass is 392 g/mol. The van der Waals surface area contributed by atoms with Crippen LogP contribution in [0.2, 0.25) is 0 Å². The first-order valence-electron chi connectivity index (χ1n) is 8.87. The number of fused-ring (bicyclic) bond motifs is 2. The van der Waals surface area contributed by atoms with Gasteiger partial charge in [-0.3, -0.25) is 14.0 Å². The van der Waals surface area contributed by atoms with Crippen LogP contribution in [0.3, 0.4) is 0 Å². The number of hydrogen-bond donors (Lipinski definition) is 0. The fraction of sp³-hybridized carbons (Fsp3) is 0.211. The minimum atomic E-state index is -0.346. The smallest absolute Gasteiger partial charge is 0.271 e. The van der Waals surface area contributed by atoms with Crippen LogP contribution in [0, 0.1) is 0 Å². The van der Waals surface area contributed by atoms with Crippen molar-refractivity contribution in [2.24, 2.45) is 0 Å². The Hall–Kier alpha value is -3.33. The lowest BCUT2D eigenvalue weighted by molar-refractivity contribution is 0.0679. The van der Waals surface area contributed by atoms with Crippen LogP contribution in [0.25, 0.3) is 16.3 Å². The summed E-state index contributed by atoms with van der Waals surface area (Å²) in [5.41, 5.74) is 0.707. The summed E-state index contributed by atoms with van der Waals surface area (Å²) in [7, 11) is 0. The molecule has 4 aromatic rings. The lowest BCUT2D eigenvalue weighted by Crippen LogP contribution is -2.42. The first-order valence-corrected chi connectivity index (χ1v) is 9.75. The van der Waals surface area contributed by atoms with Crippen LogP contribution >= 0.6 is 11.3 Å². The van der Waals surface area contributed by atoms with Crippen LogP contribution in [0.1, 0.15) is 29.1 Å².